The highest BCUT2D eigenvalue weighted by atomic mass is 32.1. The largest absolute Gasteiger partial charge is 0.478 e. The zero-order valence-corrected chi connectivity index (χ0v) is 12.0. The molecule has 0 aliphatic carbocycles. The van der Waals surface area contributed by atoms with E-state index in [1.807, 2.05) is 19.0 Å². The van der Waals surface area contributed by atoms with Crippen LogP contribution in [0.5, 0.6) is 0 Å². The van der Waals surface area contributed by atoms with E-state index in [-0.39, 0.29) is 11.1 Å². The molecule has 2 N–H and O–H groups in total. The van der Waals surface area contributed by atoms with Gasteiger partial charge in [0.25, 0.3) is 5.56 Å². The van der Waals surface area contributed by atoms with Crippen molar-refractivity contribution in [3.05, 3.63) is 38.9 Å². The van der Waals surface area contributed by atoms with Gasteiger partial charge >= 0.3 is 5.97 Å². The van der Waals surface area contributed by atoms with Gasteiger partial charge in [0.15, 0.2) is 4.77 Å². The van der Waals surface area contributed by atoms with Crippen LogP contribution in [0.4, 0.5) is 0 Å². The molecule has 7 heteroatoms. The number of rotatable bonds is 4. The first-order chi connectivity index (χ1) is 9.40. The molecule has 106 valence electrons. The van der Waals surface area contributed by atoms with Gasteiger partial charge in [0, 0.05) is 13.1 Å². The molecule has 0 aliphatic rings. The summed E-state index contributed by atoms with van der Waals surface area (Å²) < 4.78 is 1.78. The Kier molecular flexibility index (Phi) is 4.01. The molecule has 0 aliphatic heterocycles. The lowest BCUT2D eigenvalue weighted by Gasteiger charge is -2.12. The fraction of sp³-hybridized carbons (Fsp3) is 0.308. The minimum atomic E-state index is -1.04. The van der Waals surface area contributed by atoms with Crippen molar-refractivity contribution in [1.29, 1.82) is 0 Å². The van der Waals surface area contributed by atoms with E-state index in [4.69, 9.17) is 17.3 Å². The van der Waals surface area contributed by atoms with E-state index in [0.29, 0.717) is 28.8 Å². The molecule has 1 aromatic carbocycles. The van der Waals surface area contributed by atoms with E-state index in [0.717, 1.165) is 0 Å². The molecule has 0 saturated carbocycles. The molecular formula is C13H15N3O3S. The first-order valence-electron chi connectivity index (χ1n) is 6.05. The molecule has 1 heterocycles. The number of aromatic amines is 1. The van der Waals surface area contributed by atoms with Crippen molar-refractivity contribution in [3.8, 4) is 0 Å². The minimum Gasteiger partial charge on any atom is -0.478 e. The van der Waals surface area contributed by atoms with Gasteiger partial charge in [0.2, 0.25) is 0 Å². The first-order valence-corrected chi connectivity index (χ1v) is 6.46. The highest BCUT2D eigenvalue weighted by Gasteiger charge is 2.09. The summed E-state index contributed by atoms with van der Waals surface area (Å²) in [7, 11) is 3.83. The highest BCUT2D eigenvalue weighted by Crippen LogP contribution is 2.10. The van der Waals surface area contributed by atoms with Crippen LogP contribution >= 0.6 is 12.2 Å². The Labute approximate surface area is 120 Å². The molecule has 0 saturated heterocycles. The average molecular weight is 293 g/mol. The van der Waals surface area contributed by atoms with Crippen LogP contribution in [0.25, 0.3) is 10.9 Å². The third-order valence-electron chi connectivity index (χ3n) is 3.00. The van der Waals surface area contributed by atoms with Crippen LogP contribution in [-0.4, -0.2) is 46.2 Å². The molecule has 0 unspecified atom stereocenters. The van der Waals surface area contributed by atoms with Gasteiger partial charge in [-0.1, -0.05) is 0 Å². The zero-order valence-electron chi connectivity index (χ0n) is 11.2. The number of carboxylic acids is 1. The minimum absolute atomic E-state index is 0.119. The summed E-state index contributed by atoms with van der Waals surface area (Å²) >= 11 is 5.17. The number of carbonyl (C=O) groups is 1. The number of aromatic nitrogens is 2. The fourth-order valence-electron chi connectivity index (χ4n) is 1.89. The second-order valence-corrected chi connectivity index (χ2v) is 5.14. The smallest absolute Gasteiger partial charge is 0.335 e. The number of hydrogen-bond donors (Lipinski definition) is 2. The molecule has 2 aromatic rings. The van der Waals surface area contributed by atoms with Crippen molar-refractivity contribution in [2.45, 2.75) is 6.54 Å². The molecule has 6 nitrogen and oxygen atoms in total. The quantitative estimate of drug-likeness (QED) is 0.831. The van der Waals surface area contributed by atoms with Gasteiger partial charge in [-0.15, -0.1) is 0 Å². The van der Waals surface area contributed by atoms with Gasteiger partial charge in [0.05, 0.1) is 16.5 Å². The Bertz CT molecular complexity index is 777. The lowest BCUT2D eigenvalue weighted by Crippen LogP contribution is -2.28. The van der Waals surface area contributed by atoms with Crippen LogP contribution < -0.4 is 5.56 Å². The zero-order chi connectivity index (χ0) is 14.9. The Hall–Kier alpha value is -1.99. The normalized spacial score (nSPS) is 11.2. The van der Waals surface area contributed by atoms with Crippen LogP contribution in [0.1, 0.15) is 10.4 Å². The third kappa shape index (κ3) is 2.78. The highest BCUT2D eigenvalue weighted by molar-refractivity contribution is 7.71. The number of H-pyrrole nitrogens is 1. The van der Waals surface area contributed by atoms with Crippen molar-refractivity contribution in [3.63, 3.8) is 0 Å². The van der Waals surface area contributed by atoms with Crippen molar-refractivity contribution < 1.29 is 9.90 Å². The fourth-order valence-corrected chi connectivity index (χ4v) is 2.17. The summed E-state index contributed by atoms with van der Waals surface area (Å²) in [6, 6.07) is 4.35. The van der Waals surface area contributed by atoms with Crippen LogP contribution in [-0.2, 0) is 6.54 Å². The number of hydrogen-bond acceptors (Lipinski definition) is 4. The van der Waals surface area contributed by atoms with Gasteiger partial charge in [-0.05, 0) is 44.5 Å². The maximum absolute atomic E-state index is 12.4. The van der Waals surface area contributed by atoms with Gasteiger partial charge in [0.1, 0.15) is 0 Å². The SMILES string of the molecule is CN(C)CCn1c(=S)[nH]c2cc(C(=O)O)ccc2c1=O. The third-order valence-corrected chi connectivity index (χ3v) is 3.32. The topological polar surface area (TPSA) is 78.3 Å². The number of likely N-dealkylation sites (N-methyl/N-ethyl adjacent to an activating group) is 1. The van der Waals surface area contributed by atoms with E-state index < -0.39 is 5.97 Å². The molecule has 20 heavy (non-hydrogen) atoms. The summed E-state index contributed by atoms with van der Waals surface area (Å²) in [4.78, 5) is 28.2. The second-order valence-electron chi connectivity index (χ2n) is 4.76. The molecule has 0 amide bonds. The summed E-state index contributed by atoms with van der Waals surface area (Å²) in [6.45, 7) is 1.17. The van der Waals surface area contributed by atoms with Crippen molar-refractivity contribution in [2.24, 2.45) is 0 Å². The summed E-state index contributed by atoms with van der Waals surface area (Å²) in [5.41, 5.74) is 0.358. The number of aromatic carboxylic acids is 1. The van der Waals surface area contributed by atoms with E-state index in [1.54, 1.807) is 0 Å². The average Bonchev–Trinajstić information content (AvgIpc) is 2.37. The van der Waals surface area contributed by atoms with E-state index in [1.165, 1.54) is 22.8 Å². The van der Waals surface area contributed by atoms with Crippen LogP contribution in [0.3, 0.4) is 0 Å². The maximum atomic E-state index is 12.4. The lowest BCUT2D eigenvalue weighted by atomic mass is 10.1. The molecular weight excluding hydrogens is 278 g/mol. The Morgan fingerprint density at radius 1 is 1.45 bits per heavy atom. The lowest BCUT2D eigenvalue weighted by molar-refractivity contribution is 0.0697. The molecule has 1 aromatic heterocycles. The Morgan fingerprint density at radius 2 is 2.15 bits per heavy atom. The number of carboxylic acid groups (broad SMARTS) is 1. The van der Waals surface area contributed by atoms with Gasteiger partial charge in [-0.2, -0.15) is 0 Å². The van der Waals surface area contributed by atoms with Crippen molar-refractivity contribution in [2.75, 3.05) is 20.6 Å². The summed E-state index contributed by atoms with van der Waals surface area (Å²) in [6.07, 6.45) is 0. The summed E-state index contributed by atoms with van der Waals surface area (Å²) in [5, 5.41) is 9.39. The molecule has 0 atom stereocenters. The maximum Gasteiger partial charge on any atom is 0.335 e. The molecule has 0 radical (unpaired) electrons. The van der Waals surface area contributed by atoms with Crippen LogP contribution in [0.2, 0.25) is 0 Å². The monoisotopic (exact) mass is 293 g/mol. The first kappa shape index (κ1) is 14.4. The number of nitrogens with one attached hydrogen (secondary N) is 1. The van der Waals surface area contributed by atoms with Crippen molar-refractivity contribution in [1.82, 2.24) is 14.5 Å². The molecule has 0 spiro atoms. The van der Waals surface area contributed by atoms with Crippen molar-refractivity contribution >= 4 is 29.1 Å². The van der Waals surface area contributed by atoms with E-state index in [9.17, 15) is 9.59 Å². The standard InChI is InChI=1S/C13H15N3O3S/c1-15(2)5-6-16-11(17)9-4-3-8(12(18)19)7-10(9)14-13(16)20/h3-4,7H,5-6H2,1-2H3,(H,14,20)(H,18,19). The second kappa shape index (κ2) is 5.56. The predicted octanol–water partition coefficient (Wildman–Crippen LogP) is 1.32. The van der Waals surface area contributed by atoms with E-state index in [2.05, 4.69) is 4.98 Å². The van der Waals surface area contributed by atoms with Crippen LogP contribution in [0, 0.1) is 4.77 Å². The predicted molar refractivity (Wildman–Crippen MR) is 78.9 cm³/mol. The number of fused-ring (bicyclic) bond motifs is 1. The number of nitrogens with zero attached hydrogens (tertiary/aromatic N) is 2. The van der Waals surface area contributed by atoms with Gasteiger partial charge in [-0.3, -0.25) is 9.36 Å². The molecule has 0 fully saturated rings. The van der Waals surface area contributed by atoms with Gasteiger partial charge in [-0.25, -0.2) is 4.79 Å². The Balaban J connectivity index is 2.59. The molecule has 0 bridgehead atoms. The van der Waals surface area contributed by atoms with E-state index >= 15 is 0 Å². The summed E-state index contributed by atoms with van der Waals surface area (Å²) in [5.74, 6) is -1.04. The molecule has 2 rings (SSSR count). The number of benzene rings is 1. The van der Waals surface area contributed by atoms with Crippen LogP contribution in [0.15, 0.2) is 23.0 Å². The van der Waals surface area contributed by atoms with Gasteiger partial charge < -0.3 is 15.0 Å². The Morgan fingerprint density at radius 3 is 2.75 bits per heavy atom.